The van der Waals surface area contributed by atoms with Gasteiger partial charge in [0.2, 0.25) is 0 Å². The fourth-order valence-electron chi connectivity index (χ4n) is 4.68. The van der Waals surface area contributed by atoms with Crippen molar-refractivity contribution in [1.82, 2.24) is 16.0 Å². The maximum absolute atomic E-state index is 14.9. The van der Waals surface area contributed by atoms with E-state index in [9.17, 15) is 23.5 Å². The lowest BCUT2D eigenvalue weighted by Crippen LogP contribution is -2.48. The SMILES string of the molecule is COc1cccc(CNC[C@@H](O)[C@H](Cc2ccccc2)NC(=O)c2cc(C(=O)N[C@H](C)c3ccccc3)c(F)cc2F)c1. The van der Waals surface area contributed by atoms with Gasteiger partial charge < -0.3 is 25.8 Å². The molecule has 0 radical (unpaired) electrons. The first-order chi connectivity index (χ1) is 20.7. The highest BCUT2D eigenvalue weighted by atomic mass is 19.1. The lowest BCUT2D eigenvalue weighted by molar-refractivity contribution is 0.0826. The standard InChI is InChI=1S/C34H35F2N3O4/c1-22(25-13-7-4-8-14-25)38-33(41)27-18-28(30(36)19-29(27)35)34(42)39-31(17-23-10-5-3-6-11-23)32(40)21-37-20-24-12-9-15-26(16-24)43-2/h3-16,18-19,22,31-32,37,40H,17,20-21H2,1-2H3,(H,38,41)(H,39,42)/t22-,31+,32-/m1/s1. The minimum atomic E-state index is -1.12. The van der Waals surface area contributed by atoms with Gasteiger partial charge in [-0.15, -0.1) is 0 Å². The second kappa shape index (κ2) is 15.0. The van der Waals surface area contributed by atoms with Gasteiger partial charge in [-0.1, -0.05) is 72.8 Å². The third-order valence-corrected chi connectivity index (χ3v) is 7.09. The first kappa shape index (κ1) is 31.3. The van der Waals surface area contributed by atoms with Crippen LogP contribution in [0.3, 0.4) is 0 Å². The van der Waals surface area contributed by atoms with Crippen LogP contribution in [0.5, 0.6) is 5.75 Å². The summed E-state index contributed by atoms with van der Waals surface area (Å²) in [6.07, 6.45) is -0.813. The van der Waals surface area contributed by atoms with E-state index in [4.69, 9.17) is 4.74 Å². The Kier molecular flexibility index (Phi) is 11.0. The number of hydrogen-bond donors (Lipinski definition) is 4. The molecule has 43 heavy (non-hydrogen) atoms. The average Bonchev–Trinajstić information content (AvgIpc) is 3.01. The highest BCUT2D eigenvalue weighted by Gasteiger charge is 2.26. The fraction of sp³-hybridized carbons (Fsp3) is 0.235. The Morgan fingerprint density at radius 1 is 0.791 bits per heavy atom. The molecule has 0 unspecified atom stereocenters. The van der Waals surface area contributed by atoms with Gasteiger partial charge in [0.15, 0.2) is 0 Å². The Morgan fingerprint density at radius 3 is 2.05 bits per heavy atom. The third-order valence-electron chi connectivity index (χ3n) is 7.09. The van der Waals surface area contributed by atoms with Crippen LogP contribution in [0.15, 0.2) is 97.1 Å². The molecule has 0 aliphatic heterocycles. The van der Waals surface area contributed by atoms with Crippen LogP contribution in [0.25, 0.3) is 0 Å². The first-order valence-electron chi connectivity index (χ1n) is 14.0. The third kappa shape index (κ3) is 8.70. The molecule has 4 aromatic rings. The monoisotopic (exact) mass is 587 g/mol. The molecule has 0 aliphatic carbocycles. The first-order valence-corrected chi connectivity index (χ1v) is 14.0. The van der Waals surface area contributed by atoms with Gasteiger partial charge in [0.05, 0.1) is 36.4 Å². The molecule has 3 atom stereocenters. The molecule has 0 spiro atoms. The molecule has 0 fully saturated rings. The summed E-state index contributed by atoms with van der Waals surface area (Å²) in [6.45, 7) is 2.29. The van der Waals surface area contributed by atoms with Crippen molar-refractivity contribution in [3.05, 3.63) is 137 Å². The molecule has 0 aromatic heterocycles. The molecular formula is C34H35F2N3O4. The number of nitrogens with one attached hydrogen (secondary N) is 3. The van der Waals surface area contributed by atoms with Crippen LogP contribution in [-0.4, -0.2) is 42.7 Å². The van der Waals surface area contributed by atoms with Gasteiger partial charge in [0.1, 0.15) is 17.4 Å². The van der Waals surface area contributed by atoms with Crippen molar-refractivity contribution in [2.45, 2.75) is 38.1 Å². The lowest BCUT2D eigenvalue weighted by Gasteiger charge is -2.25. The van der Waals surface area contributed by atoms with Crippen molar-refractivity contribution in [1.29, 1.82) is 0 Å². The minimum absolute atomic E-state index is 0.117. The normalized spacial score (nSPS) is 13.0. The minimum Gasteiger partial charge on any atom is -0.497 e. The van der Waals surface area contributed by atoms with Crippen LogP contribution in [0.1, 0.15) is 50.4 Å². The second-order valence-corrected chi connectivity index (χ2v) is 10.2. The van der Waals surface area contributed by atoms with E-state index in [1.165, 1.54) is 0 Å². The van der Waals surface area contributed by atoms with Crippen LogP contribution in [0.2, 0.25) is 0 Å². The molecule has 0 aliphatic rings. The predicted octanol–water partition coefficient (Wildman–Crippen LogP) is 4.96. The quantitative estimate of drug-likeness (QED) is 0.177. The lowest BCUT2D eigenvalue weighted by atomic mass is 10.00. The van der Waals surface area contributed by atoms with Crippen molar-refractivity contribution in [3.63, 3.8) is 0 Å². The van der Waals surface area contributed by atoms with E-state index in [-0.39, 0.29) is 13.0 Å². The Bertz CT molecular complexity index is 1520. The number of carbonyl (C=O) groups excluding carboxylic acids is 2. The summed E-state index contributed by atoms with van der Waals surface area (Å²) in [5.41, 5.74) is 1.61. The van der Waals surface area contributed by atoms with Gasteiger partial charge in [-0.05, 0) is 48.2 Å². The number of methoxy groups -OCH3 is 1. The Labute approximate surface area is 249 Å². The van der Waals surface area contributed by atoms with Gasteiger partial charge >= 0.3 is 0 Å². The molecule has 4 N–H and O–H groups in total. The molecule has 0 saturated carbocycles. The van der Waals surface area contributed by atoms with Crippen molar-refractivity contribution >= 4 is 11.8 Å². The van der Waals surface area contributed by atoms with Crippen LogP contribution < -0.4 is 20.7 Å². The van der Waals surface area contributed by atoms with E-state index in [2.05, 4.69) is 16.0 Å². The number of halogens is 2. The molecule has 0 heterocycles. The highest BCUT2D eigenvalue weighted by molar-refractivity contribution is 6.00. The summed E-state index contributed by atoms with van der Waals surface area (Å²) in [6, 6.07) is 25.9. The summed E-state index contributed by atoms with van der Waals surface area (Å²) in [5, 5.41) is 19.6. The summed E-state index contributed by atoms with van der Waals surface area (Å²) in [7, 11) is 1.58. The molecule has 224 valence electrons. The number of rotatable bonds is 13. The Balaban J connectivity index is 1.49. The van der Waals surface area contributed by atoms with E-state index in [1.54, 1.807) is 14.0 Å². The molecule has 0 saturated heterocycles. The molecule has 7 nitrogen and oxygen atoms in total. The number of aliphatic hydroxyl groups is 1. The molecule has 0 bridgehead atoms. The van der Waals surface area contributed by atoms with E-state index >= 15 is 0 Å². The van der Waals surface area contributed by atoms with Gasteiger partial charge in [0, 0.05) is 19.2 Å². The molecular weight excluding hydrogens is 552 g/mol. The second-order valence-electron chi connectivity index (χ2n) is 10.2. The number of amides is 2. The van der Waals surface area contributed by atoms with Crippen LogP contribution >= 0.6 is 0 Å². The van der Waals surface area contributed by atoms with Gasteiger partial charge in [-0.25, -0.2) is 8.78 Å². The van der Waals surface area contributed by atoms with Crippen LogP contribution in [-0.2, 0) is 13.0 Å². The Hall–Kier alpha value is -4.60. The van der Waals surface area contributed by atoms with Crippen LogP contribution in [0.4, 0.5) is 8.78 Å². The zero-order valence-electron chi connectivity index (χ0n) is 24.0. The summed E-state index contributed by atoms with van der Waals surface area (Å²) < 4.78 is 34.8. The number of hydrogen-bond acceptors (Lipinski definition) is 5. The van der Waals surface area contributed by atoms with Crippen LogP contribution in [0, 0.1) is 11.6 Å². The van der Waals surface area contributed by atoms with E-state index in [0.717, 1.165) is 22.8 Å². The van der Waals surface area contributed by atoms with Crippen molar-refractivity contribution in [2.75, 3.05) is 13.7 Å². The largest absolute Gasteiger partial charge is 0.497 e. The predicted molar refractivity (Wildman–Crippen MR) is 161 cm³/mol. The maximum Gasteiger partial charge on any atom is 0.254 e. The summed E-state index contributed by atoms with van der Waals surface area (Å²) in [4.78, 5) is 26.2. The van der Waals surface area contributed by atoms with Crippen molar-refractivity contribution in [2.24, 2.45) is 0 Å². The average molecular weight is 588 g/mol. The molecule has 9 heteroatoms. The molecule has 2 amide bonds. The smallest absolute Gasteiger partial charge is 0.254 e. The number of benzene rings is 4. The summed E-state index contributed by atoms with van der Waals surface area (Å²) in [5.74, 6) is -3.17. The fourth-order valence-corrected chi connectivity index (χ4v) is 4.68. The number of ether oxygens (including phenoxy) is 1. The van der Waals surface area contributed by atoms with E-state index < -0.39 is 52.8 Å². The maximum atomic E-state index is 14.9. The van der Waals surface area contributed by atoms with E-state index in [1.807, 2.05) is 84.9 Å². The topological polar surface area (TPSA) is 99.7 Å². The number of aliphatic hydroxyl groups excluding tert-OH is 1. The van der Waals surface area contributed by atoms with Gasteiger partial charge in [-0.2, -0.15) is 0 Å². The van der Waals surface area contributed by atoms with Crippen molar-refractivity contribution < 1.29 is 28.2 Å². The zero-order chi connectivity index (χ0) is 30.8. The van der Waals surface area contributed by atoms with E-state index in [0.29, 0.717) is 18.4 Å². The van der Waals surface area contributed by atoms with Gasteiger partial charge in [-0.3, -0.25) is 9.59 Å². The highest BCUT2D eigenvalue weighted by Crippen LogP contribution is 2.19. The zero-order valence-corrected chi connectivity index (χ0v) is 24.0. The molecule has 4 aromatic carbocycles. The van der Waals surface area contributed by atoms with Crippen molar-refractivity contribution in [3.8, 4) is 5.75 Å². The summed E-state index contributed by atoms with van der Waals surface area (Å²) >= 11 is 0. The van der Waals surface area contributed by atoms with Gasteiger partial charge in [0.25, 0.3) is 11.8 Å². The number of carbonyl (C=O) groups is 2. The Morgan fingerprint density at radius 2 is 1.40 bits per heavy atom. The molecule has 4 rings (SSSR count).